The summed E-state index contributed by atoms with van der Waals surface area (Å²) in [5.41, 5.74) is -2.07. The van der Waals surface area contributed by atoms with Crippen molar-refractivity contribution in [2.24, 2.45) is 5.92 Å². The van der Waals surface area contributed by atoms with Gasteiger partial charge in [-0.15, -0.1) is 0 Å². The van der Waals surface area contributed by atoms with Gasteiger partial charge in [-0.3, -0.25) is 14.4 Å². The second-order valence-corrected chi connectivity index (χ2v) is 13.8. The molecule has 0 bridgehead atoms. The molecule has 0 saturated heterocycles. The van der Waals surface area contributed by atoms with Crippen LogP contribution in [0.5, 0.6) is 0 Å². The van der Waals surface area contributed by atoms with Gasteiger partial charge in [-0.05, 0) is 71.9 Å². The fourth-order valence-corrected chi connectivity index (χ4v) is 4.31. The highest BCUT2D eigenvalue weighted by Gasteiger charge is 2.39. The minimum atomic E-state index is -1.49. The number of benzene rings is 2. The average molecular weight is 639 g/mol. The molecule has 0 aliphatic carbocycles. The first-order chi connectivity index (χ1) is 21.3. The van der Waals surface area contributed by atoms with Crippen molar-refractivity contribution >= 4 is 29.8 Å². The van der Waals surface area contributed by atoms with Crippen molar-refractivity contribution in [3.63, 3.8) is 0 Å². The lowest BCUT2D eigenvalue weighted by Gasteiger charge is -2.32. The Morgan fingerprint density at radius 3 is 1.70 bits per heavy atom. The Morgan fingerprint density at radius 1 is 0.674 bits per heavy atom. The van der Waals surface area contributed by atoms with Crippen LogP contribution in [0.15, 0.2) is 60.7 Å². The van der Waals surface area contributed by atoms with E-state index in [0.29, 0.717) is 6.42 Å². The molecule has 0 fully saturated rings. The monoisotopic (exact) mass is 638 g/mol. The lowest BCUT2D eigenvalue weighted by Crippen LogP contribution is -2.63. The van der Waals surface area contributed by atoms with Gasteiger partial charge in [0.25, 0.3) is 0 Å². The van der Waals surface area contributed by atoms with E-state index < -0.39 is 58.5 Å². The molecule has 4 N–H and O–H groups in total. The van der Waals surface area contributed by atoms with Gasteiger partial charge in [0.05, 0.1) is 0 Å². The predicted molar refractivity (Wildman–Crippen MR) is 175 cm³/mol. The van der Waals surface area contributed by atoms with Crippen molar-refractivity contribution < 1.29 is 33.4 Å². The Morgan fingerprint density at radius 2 is 1.17 bits per heavy atom. The first-order valence-corrected chi connectivity index (χ1v) is 15.5. The molecule has 2 rings (SSSR count). The van der Waals surface area contributed by atoms with Crippen LogP contribution >= 0.6 is 0 Å². The summed E-state index contributed by atoms with van der Waals surface area (Å²) in [5, 5.41) is 10.8. The molecule has 0 aliphatic heterocycles. The van der Waals surface area contributed by atoms with Crippen LogP contribution in [0.4, 0.5) is 4.79 Å². The van der Waals surface area contributed by atoms with Gasteiger partial charge in [-0.1, -0.05) is 74.5 Å². The molecule has 0 unspecified atom stereocenters. The molecule has 252 valence electrons. The van der Waals surface area contributed by atoms with E-state index in [1.807, 2.05) is 74.5 Å². The second kappa shape index (κ2) is 16.2. The Labute approximate surface area is 272 Å². The molecule has 0 spiro atoms. The number of esters is 1. The molecule has 0 aromatic heterocycles. The van der Waals surface area contributed by atoms with Crippen molar-refractivity contribution in [1.82, 2.24) is 21.3 Å². The molecule has 46 heavy (non-hydrogen) atoms. The highest BCUT2D eigenvalue weighted by Crippen LogP contribution is 2.16. The maximum Gasteiger partial charge on any atom is 0.408 e. The Bertz CT molecular complexity index is 1340. The van der Waals surface area contributed by atoms with Gasteiger partial charge in [-0.2, -0.15) is 0 Å². The average Bonchev–Trinajstić information content (AvgIpc) is 2.94. The third-order valence-corrected chi connectivity index (χ3v) is 6.78. The number of carbonyl (C=O) groups excluding carboxylic acids is 5. The van der Waals surface area contributed by atoms with Gasteiger partial charge in [0.1, 0.15) is 35.4 Å². The Balaban J connectivity index is 2.17. The zero-order valence-corrected chi connectivity index (χ0v) is 28.5. The van der Waals surface area contributed by atoms with E-state index >= 15 is 0 Å². The second-order valence-electron chi connectivity index (χ2n) is 13.8. The number of hydrogen-bond acceptors (Lipinski definition) is 7. The summed E-state index contributed by atoms with van der Waals surface area (Å²) < 4.78 is 10.8. The summed E-state index contributed by atoms with van der Waals surface area (Å²) in [7, 11) is 0. The molecule has 2 aromatic carbocycles. The topological polar surface area (TPSA) is 152 Å². The number of nitrogens with one attached hydrogen (secondary N) is 4. The van der Waals surface area contributed by atoms with Crippen molar-refractivity contribution in [2.45, 2.75) is 111 Å². The van der Waals surface area contributed by atoms with Crippen LogP contribution in [0, 0.1) is 5.92 Å². The van der Waals surface area contributed by atoms with E-state index in [1.54, 1.807) is 20.8 Å². The predicted octanol–water partition coefficient (Wildman–Crippen LogP) is 4.19. The molecule has 2 aromatic rings. The molecule has 0 heterocycles. The van der Waals surface area contributed by atoms with E-state index in [4.69, 9.17) is 9.47 Å². The number of carbonyl (C=O) groups is 5. The van der Waals surface area contributed by atoms with Crippen LogP contribution in [0.1, 0.15) is 79.9 Å². The smallest absolute Gasteiger partial charge is 0.408 e. The summed E-state index contributed by atoms with van der Waals surface area (Å²) in [4.78, 5) is 66.0. The van der Waals surface area contributed by atoms with Crippen LogP contribution in [0.2, 0.25) is 0 Å². The minimum absolute atomic E-state index is 0.0339. The van der Waals surface area contributed by atoms with Crippen molar-refractivity contribution in [3.8, 4) is 0 Å². The number of amides is 4. The fourth-order valence-electron chi connectivity index (χ4n) is 4.31. The summed E-state index contributed by atoms with van der Waals surface area (Å²) in [6.45, 7) is 15.1. The maximum atomic E-state index is 13.6. The molecule has 0 saturated carbocycles. The maximum absolute atomic E-state index is 13.6. The van der Waals surface area contributed by atoms with E-state index in [0.717, 1.165) is 11.1 Å². The van der Waals surface area contributed by atoms with E-state index in [9.17, 15) is 24.0 Å². The van der Waals surface area contributed by atoms with Crippen LogP contribution in [-0.4, -0.2) is 58.5 Å². The summed E-state index contributed by atoms with van der Waals surface area (Å²) >= 11 is 0. The molecule has 11 heteroatoms. The van der Waals surface area contributed by atoms with Gasteiger partial charge < -0.3 is 30.7 Å². The van der Waals surface area contributed by atoms with Crippen molar-refractivity contribution in [3.05, 3.63) is 71.8 Å². The van der Waals surface area contributed by atoms with Crippen LogP contribution in [0.3, 0.4) is 0 Å². The first-order valence-electron chi connectivity index (χ1n) is 15.5. The van der Waals surface area contributed by atoms with Gasteiger partial charge in [0, 0.05) is 6.42 Å². The quantitative estimate of drug-likeness (QED) is 0.227. The normalized spacial score (nSPS) is 13.2. The van der Waals surface area contributed by atoms with Crippen molar-refractivity contribution in [1.29, 1.82) is 0 Å². The largest absolute Gasteiger partial charge is 0.458 e. The Hall–Kier alpha value is -4.41. The lowest BCUT2D eigenvalue weighted by atomic mass is 9.98. The van der Waals surface area contributed by atoms with Gasteiger partial charge in [0.2, 0.25) is 17.7 Å². The molecular weight excluding hydrogens is 588 g/mol. The lowest BCUT2D eigenvalue weighted by molar-refractivity contribution is -0.163. The summed E-state index contributed by atoms with van der Waals surface area (Å²) in [5.74, 6) is -2.41. The SMILES string of the molecule is CC(C)C[C@H](NC(=O)OCc1ccccc1)C(=O)NC(C)(C)C(=O)N[C@@H](Cc1ccccc1)C(=O)NC(C)(C)C(=O)OC(C)(C)C. The molecule has 4 amide bonds. The summed E-state index contributed by atoms with van der Waals surface area (Å²) in [6.07, 6.45) is -0.348. The van der Waals surface area contributed by atoms with Crippen LogP contribution < -0.4 is 21.3 Å². The van der Waals surface area contributed by atoms with E-state index in [1.165, 1.54) is 27.7 Å². The molecule has 2 atom stereocenters. The third-order valence-electron chi connectivity index (χ3n) is 6.78. The van der Waals surface area contributed by atoms with Gasteiger partial charge >= 0.3 is 12.1 Å². The molecule has 0 aliphatic rings. The highest BCUT2D eigenvalue weighted by atomic mass is 16.6. The Kier molecular flexibility index (Phi) is 13.3. The van der Waals surface area contributed by atoms with Crippen molar-refractivity contribution in [2.75, 3.05) is 0 Å². The molecule has 11 nitrogen and oxygen atoms in total. The molecule has 0 radical (unpaired) electrons. The van der Waals surface area contributed by atoms with Crippen LogP contribution in [-0.2, 0) is 41.7 Å². The van der Waals surface area contributed by atoms with E-state index in [2.05, 4.69) is 21.3 Å². The fraction of sp³-hybridized carbons (Fsp3) is 0.514. The highest BCUT2D eigenvalue weighted by molar-refractivity contribution is 5.97. The first kappa shape index (κ1) is 37.8. The zero-order chi connectivity index (χ0) is 34.7. The number of rotatable bonds is 14. The zero-order valence-electron chi connectivity index (χ0n) is 28.5. The van der Waals surface area contributed by atoms with Crippen LogP contribution in [0.25, 0.3) is 0 Å². The number of hydrogen-bond donors (Lipinski definition) is 4. The number of alkyl carbamates (subject to hydrolysis) is 1. The molecular formula is C35H50N4O7. The number of ether oxygens (including phenoxy) is 2. The van der Waals surface area contributed by atoms with Gasteiger partial charge in [0.15, 0.2) is 0 Å². The minimum Gasteiger partial charge on any atom is -0.458 e. The standard InChI is InChI=1S/C35H50N4O7/c1-23(2)20-26(37-32(44)45-22-25-18-14-11-15-19-25)28(40)38-34(6,7)30(42)36-27(21-24-16-12-10-13-17-24)29(41)39-35(8,9)31(43)46-33(3,4)5/h10-19,23,26-27H,20-22H2,1-9H3,(H,36,42)(H,37,44)(H,38,40)(H,39,41)/t26-,27-/m0/s1. The van der Waals surface area contributed by atoms with E-state index in [-0.39, 0.29) is 18.9 Å². The summed E-state index contributed by atoms with van der Waals surface area (Å²) in [6, 6.07) is 16.2. The van der Waals surface area contributed by atoms with Gasteiger partial charge in [-0.25, -0.2) is 9.59 Å². The third kappa shape index (κ3) is 12.9.